The van der Waals surface area contributed by atoms with E-state index >= 15 is 0 Å². The number of carboxylic acids is 1. The van der Waals surface area contributed by atoms with Gasteiger partial charge >= 0.3 is 5.97 Å². The van der Waals surface area contributed by atoms with E-state index in [0.29, 0.717) is 25.8 Å². The standard InChI is InChI=1S/C14H21N3O4/c1-3-5-6-11(14(20)21)15-13(19)10-7-8-12(18)17(16-10)9-4-2/h7-8,11H,3-6,9H2,1-2H3,(H,15,19)(H,20,21)/t11-/m0/s1. The van der Waals surface area contributed by atoms with Crippen LogP contribution in [0, 0.1) is 0 Å². The number of nitrogens with zero attached hydrogens (tertiary/aromatic N) is 2. The number of nitrogens with one attached hydrogen (secondary N) is 1. The Bertz CT molecular complexity index is 553. The van der Waals surface area contributed by atoms with Crippen LogP contribution >= 0.6 is 0 Å². The maximum atomic E-state index is 12.0. The average Bonchev–Trinajstić information content (AvgIpc) is 2.45. The van der Waals surface area contributed by atoms with Gasteiger partial charge in [-0.15, -0.1) is 0 Å². The van der Waals surface area contributed by atoms with Gasteiger partial charge in [0.2, 0.25) is 0 Å². The molecule has 1 amide bonds. The SMILES string of the molecule is CCCC[C@H](NC(=O)c1ccc(=O)n(CCC)n1)C(=O)O. The van der Waals surface area contributed by atoms with Gasteiger partial charge in [-0.05, 0) is 18.9 Å². The summed E-state index contributed by atoms with van der Waals surface area (Å²) in [6.07, 6.45) is 2.64. The second-order valence-electron chi connectivity index (χ2n) is 4.79. The normalized spacial score (nSPS) is 11.9. The highest BCUT2D eigenvalue weighted by Gasteiger charge is 2.21. The predicted molar refractivity (Wildman–Crippen MR) is 77.2 cm³/mol. The molecule has 7 heteroatoms. The maximum absolute atomic E-state index is 12.0. The topological polar surface area (TPSA) is 101 Å². The van der Waals surface area contributed by atoms with Crippen LogP contribution in [-0.4, -0.2) is 32.8 Å². The van der Waals surface area contributed by atoms with Crippen molar-refractivity contribution in [3.8, 4) is 0 Å². The summed E-state index contributed by atoms with van der Waals surface area (Å²) in [4.78, 5) is 34.7. The summed E-state index contributed by atoms with van der Waals surface area (Å²) in [5.41, 5.74) is -0.236. The Labute approximate surface area is 123 Å². The Hall–Kier alpha value is -2.18. The molecule has 1 atom stereocenters. The number of carbonyl (C=O) groups excluding carboxylic acids is 1. The molecule has 0 saturated heterocycles. The van der Waals surface area contributed by atoms with Crippen molar-refractivity contribution < 1.29 is 14.7 Å². The number of aliphatic carboxylic acids is 1. The molecule has 0 fully saturated rings. The van der Waals surface area contributed by atoms with Crippen LogP contribution in [0.25, 0.3) is 0 Å². The molecule has 2 N–H and O–H groups in total. The summed E-state index contributed by atoms with van der Waals surface area (Å²) in [6.45, 7) is 4.26. The molecule has 0 bridgehead atoms. The molecule has 0 aliphatic rings. The molecule has 1 rings (SSSR count). The van der Waals surface area contributed by atoms with E-state index in [4.69, 9.17) is 5.11 Å². The van der Waals surface area contributed by atoms with Crippen LogP contribution in [0.1, 0.15) is 50.0 Å². The van der Waals surface area contributed by atoms with E-state index in [1.165, 1.54) is 16.8 Å². The first-order valence-corrected chi connectivity index (χ1v) is 7.11. The van der Waals surface area contributed by atoms with Crippen LogP contribution in [-0.2, 0) is 11.3 Å². The molecular weight excluding hydrogens is 274 g/mol. The van der Waals surface area contributed by atoms with Crippen LogP contribution in [0.5, 0.6) is 0 Å². The van der Waals surface area contributed by atoms with E-state index in [1.807, 2.05) is 13.8 Å². The number of hydrogen-bond donors (Lipinski definition) is 2. The molecule has 1 heterocycles. The van der Waals surface area contributed by atoms with E-state index < -0.39 is 17.9 Å². The summed E-state index contributed by atoms with van der Waals surface area (Å²) in [7, 11) is 0. The highest BCUT2D eigenvalue weighted by atomic mass is 16.4. The first-order chi connectivity index (χ1) is 9.99. The van der Waals surface area contributed by atoms with Crippen molar-refractivity contribution in [3.05, 3.63) is 28.2 Å². The second-order valence-corrected chi connectivity index (χ2v) is 4.79. The molecule has 0 aliphatic heterocycles. The lowest BCUT2D eigenvalue weighted by atomic mass is 10.1. The van der Waals surface area contributed by atoms with Gasteiger partial charge in [-0.25, -0.2) is 9.48 Å². The molecular formula is C14H21N3O4. The minimum absolute atomic E-state index is 0.0470. The van der Waals surface area contributed by atoms with E-state index in [0.717, 1.165) is 6.42 Å². The van der Waals surface area contributed by atoms with Crippen LogP contribution < -0.4 is 10.9 Å². The first kappa shape index (κ1) is 16.9. The van der Waals surface area contributed by atoms with Gasteiger partial charge in [-0.3, -0.25) is 9.59 Å². The van der Waals surface area contributed by atoms with E-state index in [9.17, 15) is 14.4 Å². The van der Waals surface area contributed by atoms with Gasteiger partial charge in [-0.1, -0.05) is 26.7 Å². The van der Waals surface area contributed by atoms with Crippen molar-refractivity contribution in [2.75, 3.05) is 0 Å². The third kappa shape index (κ3) is 5.02. The molecule has 0 aliphatic carbocycles. The van der Waals surface area contributed by atoms with Gasteiger partial charge in [0.05, 0.1) is 0 Å². The number of carboxylic acid groups (broad SMARTS) is 1. The lowest BCUT2D eigenvalue weighted by Crippen LogP contribution is -2.41. The molecule has 0 saturated carbocycles. The molecule has 0 unspecified atom stereocenters. The van der Waals surface area contributed by atoms with Gasteiger partial charge in [0, 0.05) is 12.6 Å². The number of carbonyl (C=O) groups is 2. The monoisotopic (exact) mass is 295 g/mol. The lowest BCUT2D eigenvalue weighted by molar-refractivity contribution is -0.139. The third-order valence-corrected chi connectivity index (χ3v) is 2.98. The number of hydrogen-bond acceptors (Lipinski definition) is 4. The quantitative estimate of drug-likeness (QED) is 0.745. The fourth-order valence-corrected chi connectivity index (χ4v) is 1.84. The number of amides is 1. The van der Waals surface area contributed by atoms with Crippen molar-refractivity contribution in [1.29, 1.82) is 0 Å². The van der Waals surface area contributed by atoms with E-state index in [1.54, 1.807) is 0 Å². The number of unbranched alkanes of at least 4 members (excludes halogenated alkanes) is 1. The van der Waals surface area contributed by atoms with Crippen molar-refractivity contribution in [3.63, 3.8) is 0 Å². The molecule has 21 heavy (non-hydrogen) atoms. The second kappa shape index (κ2) is 8.18. The van der Waals surface area contributed by atoms with Gasteiger partial charge in [0.1, 0.15) is 11.7 Å². The van der Waals surface area contributed by atoms with Crippen LogP contribution in [0.2, 0.25) is 0 Å². The number of rotatable bonds is 8. The van der Waals surface area contributed by atoms with Crippen LogP contribution in [0.3, 0.4) is 0 Å². The molecule has 116 valence electrons. The average molecular weight is 295 g/mol. The predicted octanol–water partition coefficient (Wildman–Crippen LogP) is 1.03. The number of aromatic nitrogens is 2. The minimum atomic E-state index is -1.07. The third-order valence-electron chi connectivity index (χ3n) is 2.98. The fraction of sp³-hybridized carbons (Fsp3) is 0.571. The van der Waals surface area contributed by atoms with Crippen molar-refractivity contribution in [2.45, 2.75) is 52.1 Å². The number of aryl methyl sites for hydroxylation is 1. The maximum Gasteiger partial charge on any atom is 0.326 e. The van der Waals surface area contributed by atoms with Crippen molar-refractivity contribution >= 4 is 11.9 Å². The lowest BCUT2D eigenvalue weighted by Gasteiger charge is -2.14. The summed E-state index contributed by atoms with van der Waals surface area (Å²) in [5, 5.41) is 15.5. The Morgan fingerprint density at radius 1 is 1.33 bits per heavy atom. The Morgan fingerprint density at radius 2 is 2.05 bits per heavy atom. The van der Waals surface area contributed by atoms with Crippen LogP contribution in [0.15, 0.2) is 16.9 Å². The summed E-state index contributed by atoms with van der Waals surface area (Å²) in [5.74, 6) is -1.65. The Balaban J connectivity index is 2.84. The smallest absolute Gasteiger partial charge is 0.326 e. The zero-order valence-corrected chi connectivity index (χ0v) is 12.3. The molecule has 1 aromatic heterocycles. The molecule has 0 aromatic carbocycles. The van der Waals surface area contributed by atoms with Crippen LogP contribution in [0.4, 0.5) is 0 Å². The van der Waals surface area contributed by atoms with Gasteiger partial charge in [0.15, 0.2) is 0 Å². The van der Waals surface area contributed by atoms with Crippen molar-refractivity contribution in [2.24, 2.45) is 0 Å². The van der Waals surface area contributed by atoms with Crippen molar-refractivity contribution in [1.82, 2.24) is 15.1 Å². The first-order valence-electron chi connectivity index (χ1n) is 7.11. The Morgan fingerprint density at radius 3 is 2.62 bits per heavy atom. The summed E-state index contributed by atoms with van der Waals surface area (Å²) >= 11 is 0. The molecule has 0 radical (unpaired) electrons. The Kier molecular flexibility index (Phi) is 6.58. The highest BCUT2D eigenvalue weighted by Crippen LogP contribution is 2.02. The summed E-state index contributed by atoms with van der Waals surface area (Å²) < 4.78 is 1.21. The van der Waals surface area contributed by atoms with E-state index in [2.05, 4.69) is 10.4 Å². The molecule has 1 aromatic rings. The van der Waals surface area contributed by atoms with Gasteiger partial charge < -0.3 is 10.4 Å². The molecule has 7 nitrogen and oxygen atoms in total. The van der Waals surface area contributed by atoms with E-state index in [-0.39, 0.29) is 11.3 Å². The van der Waals surface area contributed by atoms with Gasteiger partial charge in [0.25, 0.3) is 11.5 Å². The molecule has 0 spiro atoms. The zero-order chi connectivity index (χ0) is 15.8. The highest BCUT2D eigenvalue weighted by molar-refractivity contribution is 5.94. The fourth-order valence-electron chi connectivity index (χ4n) is 1.84. The van der Waals surface area contributed by atoms with Gasteiger partial charge in [-0.2, -0.15) is 5.10 Å². The summed E-state index contributed by atoms with van der Waals surface area (Å²) in [6, 6.07) is 1.63. The minimum Gasteiger partial charge on any atom is -0.480 e. The zero-order valence-electron chi connectivity index (χ0n) is 12.3. The largest absolute Gasteiger partial charge is 0.480 e.